The molecule has 0 N–H and O–H groups in total. The van der Waals surface area contributed by atoms with Gasteiger partial charge in [-0.3, -0.25) is 0 Å². The molecule has 49 heavy (non-hydrogen) atoms. The standard InChI is InChI=1S/C45H27N3O/c1-3-11-28(12-4-1)39-27-41-42(37-18-10-9-17-36(37)39)38-24-22-33(26-40(38)49-41)45-47-43(30-14-5-2-6-15-30)46-44(48-45)32-21-23-35-31(25-32)20-19-29-13-7-8-16-34(29)35/h1-27H. The summed E-state index contributed by atoms with van der Waals surface area (Å²) in [6.45, 7) is 0. The molecule has 10 rings (SSSR count). The minimum atomic E-state index is 0.597. The first-order chi connectivity index (χ1) is 24.3. The summed E-state index contributed by atoms with van der Waals surface area (Å²) in [5.41, 5.74) is 6.71. The maximum Gasteiger partial charge on any atom is 0.164 e. The van der Waals surface area contributed by atoms with Gasteiger partial charge in [0.25, 0.3) is 0 Å². The fraction of sp³-hybridized carbons (Fsp3) is 0. The Morgan fingerprint density at radius 2 is 0.878 bits per heavy atom. The molecular formula is C45H27N3O. The monoisotopic (exact) mass is 625 g/mol. The molecule has 2 aromatic heterocycles. The Hall–Kier alpha value is -6.65. The highest BCUT2D eigenvalue weighted by Gasteiger charge is 2.18. The van der Waals surface area contributed by atoms with Crippen molar-refractivity contribution in [2.24, 2.45) is 0 Å². The minimum absolute atomic E-state index is 0.597. The molecule has 2 heterocycles. The van der Waals surface area contributed by atoms with Gasteiger partial charge in [0.05, 0.1) is 0 Å². The molecule has 0 amide bonds. The van der Waals surface area contributed by atoms with Crippen LogP contribution in [0, 0.1) is 0 Å². The number of hydrogen-bond acceptors (Lipinski definition) is 4. The highest BCUT2D eigenvalue weighted by atomic mass is 16.3. The second kappa shape index (κ2) is 11.0. The Bertz CT molecular complexity index is 2880. The van der Waals surface area contributed by atoms with Crippen LogP contribution in [-0.2, 0) is 0 Å². The summed E-state index contributed by atoms with van der Waals surface area (Å²) >= 11 is 0. The minimum Gasteiger partial charge on any atom is -0.456 e. The van der Waals surface area contributed by atoms with E-state index in [0.29, 0.717) is 17.5 Å². The predicted molar refractivity (Wildman–Crippen MR) is 201 cm³/mol. The highest BCUT2D eigenvalue weighted by Crippen LogP contribution is 2.41. The van der Waals surface area contributed by atoms with Crippen LogP contribution in [0.5, 0.6) is 0 Å². The molecule has 0 unspecified atom stereocenters. The third kappa shape index (κ3) is 4.57. The average Bonchev–Trinajstić information content (AvgIpc) is 3.56. The first-order valence-electron chi connectivity index (χ1n) is 16.4. The quantitative estimate of drug-likeness (QED) is 0.183. The summed E-state index contributed by atoms with van der Waals surface area (Å²) in [6.07, 6.45) is 0. The van der Waals surface area contributed by atoms with Crippen molar-refractivity contribution in [1.29, 1.82) is 0 Å². The molecule has 0 aliphatic rings. The van der Waals surface area contributed by atoms with Crippen molar-refractivity contribution >= 4 is 54.3 Å². The first kappa shape index (κ1) is 27.5. The van der Waals surface area contributed by atoms with Gasteiger partial charge in [-0.2, -0.15) is 0 Å². The van der Waals surface area contributed by atoms with E-state index < -0.39 is 0 Å². The van der Waals surface area contributed by atoms with Gasteiger partial charge in [0.15, 0.2) is 17.5 Å². The summed E-state index contributed by atoms with van der Waals surface area (Å²) < 4.78 is 6.63. The van der Waals surface area contributed by atoms with E-state index in [9.17, 15) is 0 Å². The molecule has 0 saturated heterocycles. The van der Waals surface area contributed by atoms with Crippen LogP contribution < -0.4 is 0 Å². The van der Waals surface area contributed by atoms with E-state index in [1.807, 2.05) is 36.4 Å². The van der Waals surface area contributed by atoms with Gasteiger partial charge in [0, 0.05) is 27.5 Å². The number of aromatic nitrogens is 3. The molecule has 0 bridgehead atoms. The Labute approximate surface area is 282 Å². The van der Waals surface area contributed by atoms with Crippen LogP contribution in [0.15, 0.2) is 168 Å². The van der Waals surface area contributed by atoms with Crippen molar-refractivity contribution in [2.75, 3.05) is 0 Å². The number of hydrogen-bond donors (Lipinski definition) is 0. The lowest BCUT2D eigenvalue weighted by Gasteiger charge is -2.10. The van der Waals surface area contributed by atoms with Gasteiger partial charge in [-0.1, -0.05) is 140 Å². The predicted octanol–water partition coefficient (Wildman–Crippen LogP) is 11.9. The molecule has 0 saturated carbocycles. The summed E-state index contributed by atoms with van der Waals surface area (Å²) in [4.78, 5) is 15.1. The summed E-state index contributed by atoms with van der Waals surface area (Å²) in [7, 11) is 0. The van der Waals surface area contributed by atoms with Gasteiger partial charge in [-0.15, -0.1) is 0 Å². The lowest BCUT2D eigenvalue weighted by molar-refractivity contribution is 0.669. The van der Waals surface area contributed by atoms with Gasteiger partial charge >= 0.3 is 0 Å². The molecule has 228 valence electrons. The van der Waals surface area contributed by atoms with Crippen molar-refractivity contribution in [3.8, 4) is 45.3 Å². The first-order valence-corrected chi connectivity index (χ1v) is 16.4. The highest BCUT2D eigenvalue weighted by molar-refractivity contribution is 6.22. The number of nitrogens with zero attached hydrogens (tertiary/aromatic N) is 3. The Morgan fingerprint density at radius 1 is 0.327 bits per heavy atom. The number of fused-ring (bicyclic) bond motifs is 8. The molecule has 0 fully saturated rings. The van der Waals surface area contributed by atoms with Crippen LogP contribution in [0.1, 0.15) is 0 Å². The van der Waals surface area contributed by atoms with Crippen LogP contribution in [0.25, 0.3) is 99.5 Å². The summed E-state index contributed by atoms with van der Waals surface area (Å²) in [5.74, 6) is 1.85. The van der Waals surface area contributed by atoms with E-state index in [1.165, 1.54) is 26.9 Å². The van der Waals surface area contributed by atoms with E-state index >= 15 is 0 Å². The number of benzene rings is 8. The SMILES string of the molecule is c1ccc(-c2nc(-c3ccc4c(ccc5ccccc54)c3)nc(-c3ccc4c(c3)oc3cc(-c5ccccc5)c5ccccc5c34)n2)cc1. The van der Waals surface area contributed by atoms with E-state index in [-0.39, 0.29) is 0 Å². The normalized spacial score (nSPS) is 11.7. The molecule has 0 spiro atoms. The van der Waals surface area contributed by atoms with Gasteiger partial charge in [-0.05, 0) is 67.7 Å². The largest absolute Gasteiger partial charge is 0.456 e. The van der Waals surface area contributed by atoms with Gasteiger partial charge < -0.3 is 4.42 Å². The Kier molecular flexibility index (Phi) is 6.15. The molecule has 0 aliphatic carbocycles. The van der Waals surface area contributed by atoms with Crippen LogP contribution in [0.3, 0.4) is 0 Å². The fourth-order valence-electron chi connectivity index (χ4n) is 7.14. The average molecular weight is 626 g/mol. The molecule has 0 radical (unpaired) electrons. The van der Waals surface area contributed by atoms with Gasteiger partial charge in [-0.25, -0.2) is 15.0 Å². The lowest BCUT2D eigenvalue weighted by atomic mass is 9.95. The van der Waals surface area contributed by atoms with Crippen LogP contribution in [0.2, 0.25) is 0 Å². The summed E-state index contributed by atoms with van der Waals surface area (Å²) in [6, 6.07) is 56.9. The molecule has 0 atom stereocenters. The fourth-order valence-corrected chi connectivity index (χ4v) is 7.14. The third-order valence-corrected chi connectivity index (χ3v) is 9.49. The molecule has 4 nitrogen and oxygen atoms in total. The van der Waals surface area contributed by atoms with Crippen LogP contribution in [0.4, 0.5) is 0 Å². The van der Waals surface area contributed by atoms with Crippen molar-refractivity contribution < 1.29 is 4.42 Å². The lowest BCUT2D eigenvalue weighted by Crippen LogP contribution is -2.00. The second-order valence-corrected chi connectivity index (χ2v) is 12.4. The maximum atomic E-state index is 6.63. The molecule has 4 heteroatoms. The number of furan rings is 1. The zero-order valence-electron chi connectivity index (χ0n) is 26.3. The zero-order valence-corrected chi connectivity index (χ0v) is 26.3. The van der Waals surface area contributed by atoms with Gasteiger partial charge in [0.2, 0.25) is 0 Å². The second-order valence-electron chi connectivity index (χ2n) is 12.4. The van der Waals surface area contributed by atoms with Crippen molar-refractivity contribution in [2.45, 2.75) is 0 Å². The van der Waals surface area contributed by atoms with E-state index in [2.05, 4.69) is 127 Å². The van der Waals surface area contributed by atoms with E-state index in [0.717, 1.165) is 55.1 Å². The third-order valence-electron chi connectivity index (χ3n) is 9.49. The van der Waals surface area contributed by atoms with Gasteiger partial charge in [0.1, 0.15) is 11.2 Å². The van der Waals surface area contributed by atoms with E-state index in [1.54, 1.807) is 0 Å². The Morgan fingerprint density at radius 3 is 1.63 bits per heavy atom. The number of rotatable bonds is 4. The van der Waals surface area contributed by atoms with Crippen molar-refractivity contribution in [1.82, 2.24) is 15.0 Å². The van der Waals surface area contributed by atoms with Crippen LogP contribution >= 0.6 is 0 Å². The van der Waals surface area contributed by atoms with Crippen molar-refractivity contribution in [3.63, 3.8) is 0 Å². The molecule has 8 aromatic carbocycles. The van der Waals surface area contributed by atoms with E-state index in [4.69, 9.17) is 19.4 Å². The molecule has 0 aliphatic heterocycles. The molecular weight excluding hydrogens is 599 g/mol. The summed E-state index contributed by atoms with van der Waals surface area (Å²) in [5, 5.41) is 9.35. The van der Waals surface area contributed by atoms with Crippen molar-refractivity contribution in [3.05, 3.63) is 164 Å². The topological polar surface area (TPSA) is 51.8 Å². The maximum absolute atomic E-state index is 6.63. The van der Waals surface area contributed by atoms with Crippen LogP contribution in [-0.4, -0.2) is 15.0 Å². The molecule has 10 aromatic rings. The zero-order chi connectivity index (χ0) is 32.3. The Balaban J connectivity index is 1.15. The smallest absolute Gasteiger partial charge is 0.164 e.